The van der Waals surface area contributed by atoms with Crippen molar-refractivity contribution in [3.8, 4) is 0 Å². The highest BCUT2D eigenvalue weighted by molar-refractivity contribution is 6.29. The van der Waals surface area contributed by atoms with E-state index in [4.69, 9.17) is 16.3 Å². The molecule has 0 unspecified atom stereocenters. The number of benzene rings is 1. The molecule has 9 heteroatoms. The number of nitrogens with one attached hydrogen (secondary N) is 2. The van der Waals surface area contributed by atoms with Gasteiger partial charge >= 0.3 is 5.97 Å². The molecule has 8 nitrogen and oxygen atoms in total. The van der Waals surface area contributed by atoms with E-state index in [-0.39, 0.29) is 10.7 Å². The van der Waals surface area contributed by atoms with Crippen LogP contribution in [0.25, 0.3) is 0 Å². The summed E-state index contributed by atoms with van der Waals surface area (Å²) < 4.78 is 4.84. The molecule has 0 fully saturated rings. The van der Waals surface area contributed by atoms with Crippen molar-refractivity contribution < 1.29 is 19.1 Å². The van der Waals surface area contributed by atoms with Crippen molar-refractivity contribution in [3.63, 3.8) is 0 Å². The van der Waals surface area contributed by atoms with E-state index in [0.29, 0.717) is 5.56 Å². The molecule has 2 N–H and O–H groups in total. The summed E-state index contributed by atoms with van der Waals surface area (Å²) in [6.07, 6.45) is 1.24. The lowest BCUT2D eigenvalue weighted by Gasteiger charge is -2.21. The number of aromatic nitrogens is 1. The molecule has 0 aliphatic rings. The van der Waals surface area contributed by atoms with Crippen molar-refractivity contribution in [2.75, 3.05) is 24.6 Å². The number of anilines is 1. The Bertz CT molecular complexity index is 821. The number of hydrazine groups is 1. The smallest absolute Gasteiger partial charge is 0.340 e. The third kappa shape index (κ3) is 5.95. The van der Waals surface area contributed by atoms with Crippen molar-refractivity contribution in [1.29, 1.82) is 0 Å². The van der Waals surface area contributed by atoms with Crippen molar-refractivity contribution in [3.05, 3.63) is 58.9 Å². The minimum atomic E-state index is -0.724. The molecule has 0 radical (unpaired) electrons. The van der Waals surface area contributed by atoms with Gasteiger partial charge in [-0.15, -0.1) is 0 Å². The minimum absolute atomic E-state index is 0.162. The van der Waals surface area contributed by atoms with Gasteiger partial charge in [0.2, 0.25) is 0 Å². The largest absolute Gasteiger partial charge is 0.452 e. The lowest BCUT2D eigenvalue weighted by molar-refractivity contribution is -0.125. The number of pyridine rings is 1. The summed E-state index contributed by atoms with van der Waals surface area (Å²) in [6.45, 7) is 5.28. The molecule has 148 valence electrons. The van der Waals surface area contributed by atoms with Crippen molar-refractivity contribution in [2.45, 2.75) is 13.8 Å². The first kappa shape index (κ1) is 21.2. The number of hydrogen-bond acceptors (Lipinski definition) is 6. The summed E-state index contributed by atoms with van der Waals surface area (Å²) >= 11 is 5.63. The number of carbonyl (C=O) groups excluding carboxylic acids is 3. The Kier molecular flexibility index (Phi) is 7.76. The van der Waals surface area contributed by atoms with Gasteiger partial charge in [0.05, 0.1) is 5.56 Å². The highest BCUT2D eigenvalue weighted by Crippen LogP contribution is 2.14. The van der Waals surface area contributed by atoms with Crippen molar-refractivity contribution in [2.24, 2.45) is 0 Å². The van der Waals surface area contributed by atoms with E-state index in [1.54, 1.807) is 12.1 Å². The average molecular weight is 405 g/mol. The minimum Gasteiger partial charge on any atom is -0.452 e. The number of rotatable bonds is 7. The van der Waals surface area contributed by atoms with E-state index in [2.05, 4.69) is 34.6 Å². The molecule has 2 rings (SSSR count). The first-order chi connectivity index (χ1) is 13.4. The van der Waals surface area contributed by atoms with Gasteiger partial charge < -0.3 is 9.64 Å². The number of amides is 2. The maximum absolute atomic E-state index is 12.1. The molecule has 2 amide bonds. The van der Waals surface area contributed by atoms with Gasteiger partial charge in [-0.2, -0.15) is 0 Å². The number of hydrogen-bond donors (Lipinski definition) is 2. The predicted octanol–water partition coefficient (Wildman–Crippen LogP) is 2.20. The second-order valence-corrected chi connectivity index (χ2v) is 6.05. The van der Waals surface area contributed by atoms with Crippen LogP contribution in [0.15, 0.2) is 42.6 Å². The lowest BCUT2D eigenvalue weighted by Crippen LogP contribution is -2.43. The monoisotopic (exact) mass is 404 g/mol. The summed E-state index contributed by atoms with van der Waals surface area (Å²) in [5, 5.41) is 0.238. The predicted molar refractivity (Wildman–Crippen MR) is 105 cm³/mol. The molecule has 28 heavy (non-hydrogen) atoms. The highest BCUT2D eigenvalue weighted by atomic mass is 35.5. The maximum atomic E-state index is 12.1. The molecule has 1 aromatic heterocycles. The first-order valence-corrected chi connectivity index (χ1v) is 9.05. The van der Waals surface area contributed by atoms with E-state index >= 15 is 0 Å². The fraction of sp³-hybridized carbons (Fsp3) is 0.263. The van der Waals surface area contributed by atoms with Crippen molar-refractivity contribution >= 4 is 35.1 Å². The number of esters is 1. The Hall–Kier alpha value is -3.13. The maximum Gasteiger partial charge on any atom is 0.340 e. The van der Waals surface area contributed by atoms with Gasteiger partial charge in [-0.25, -0.2) is 9.78 Å². The molecule has 0 aliphatic heterocycles. The molecule has 1 heterocycles. The van der Waals surface area contributed by atoms with Crippen LogP contribution in [0.5, 0.6) is 0 Å². The van der Waals surface area contributed by atoms with Gasteiger partial charge in [-0.1, -0.05) is 11.6 Å². The summed E-state index contributed by atoms with van der Waals surface area (Å²) in [5.74, 6) is -1.88. The Labute approximate surface area is 167 Å². The summed E-state index contributed by atoms with van der Waals surface area (Å²) in [5.41, 5.74) is 6.03. The van der Waals surface area contributed by atoms with Crippen LogP contribution in [0.3, 0.4) is 0 Å². The Morgan fingerprint density at radius 3 is 2.21 bits per heavy atom. The van der Waals surface area contributed by atoms with Gasteiger partial charge in [0.15, 0.2) is 6.61 Å². The quantitative estimate of drug-likeness (QED) is 0.417. The van der Waals surface area contributed by atoms with Crippen LogP contribution in [0.1, 0.15) is 34.6 Å². The molecule has 0 spiro atoms. The molecular weight excluding hydrogens is 384 g/mol. The average Bonchev–Trinajstić information content (AvgIpc) is 2.72. The third-order valence-electron chi connectivity index (χ3n) is 3.87. The number of nitrogens with zero attached hydrogens (tertiary/aromatic N) is 2. The first-order valence-electron chi connectivity index (χ1n) is 8.67. The van der Waals surface area contributed by atoms with E-state index in [1.807, 2.05) is 12.1 Å². The zero-order valence-electron chi connectivity index (χ0n) is 15.6. The molecule has 0 saturated heterocycles. The van der Waals surface area contributed by atoms with Gasteiger partial charge in [0, 0.05) is 30.5 Å². The fourth-order valence-electron chi connectivity index (χ4n) is 2.36. The van der Waals surface area contributed by atoms with Gasteiger partial charge in [-0.3, -0.25) is 20.4 Å². The number of halogens is 1. The fourth-order valence-corrected chi connectivity index (χ4v) is 2.47. The Balaban J connectivity index is 1.79. The standard InChI is InChI=1S/C19H21ClN4O4/c1-3-24(4-2)15-8-5-13(6-9-15)18(26)23-22-17(25)12-28-19(27)14-7-10-16(20)21-11-14/h5-11H,3-4,12H2,1-2H3,(H,22,25)(H,23,26). The summed E-state index contributed by atoms with van der Waals surface area (Å²) in [7, 11) is 0. The Morgan fingerprint density at radius 2 is 1.64 bits per heavy atom. The zero-order chi connectivity index (χ0) is 20.5. The highest BCUT2D eigenvalue weighted by Gasteiger charge is 2.12. The van der Waals surface area contributed by atoms with Gasteiger partial charge in [0.25, 0.3) is 11.8 Å². The summed E-state index contributed by atoms with van der Waals surface area (Å²) in [4.78, 5) is 41.5. The molecule has 0 aliphatic carbocycles. The number of ether oxygens (including phenoxy) is 1. The third-order valence-corrected chi connectivity index (χ3v) is 4.09. The van der Waals surface area contributed by atoms with Crippen LogP contribution >= 0.6 is 11.6 Å². The topological polar surface area (TPSA) is 101 Å². The van der Waals surface area contributed by atoms with E-state index in [0.717, 1.165) is 18.8 Å². The van der Waals surface area contributed by atoms with Crippen LogP contribution in [-0.4, -0.2) is 42.5 Å². The van der Waals surface area contributed by atoms with Crippen LogP contribution < -0.4 is 15.8 Å². The molecule has 0 atom stereocenters. The second kappa shape index (κ2) is 10.3. The van der Waals surface area contributed by atoms with E-state index < -0.39 is 24.4 Å². The SMILES string of the molecule is CCN(CC)c1ccc(C(=O)NNC(=O)COC(=O)c2ccc(Cl)nc2)cc1. The molecule has 0 bridgehead atoms. The molecule has 0 saturated carbocycles. The van der Waals surface area contributed by atoms with Crippen LogP contribution in [0.2, 0.25) is 5.15 Å². The summed E-state index contributed by atoms with van der Waals surface area (Å²) in [6, 6.07) is 9.88. The van der Waals surface area contributed by atoms with Gasteiger partial charge in [-0.05, 0) is 50.2 Å². The molecular formula is C19H21ClN4O4. The molecule has 2 aromatic rings. The Morgan fingerprint density at radius 1 is 1.00 bits per heavy atom. The zero-order valence-corrected chi connectivity index (χ0v) is 16.3. The molecule has 1 aromatic carbocycles. The number of carbonyl (C=O) groups is 3. The van der Waals surface area contributed by atoms with Gasteiger partial charge in [0.1, 0.15) is 5.15 Å². The lowest BCUT2D eigenvalue weighted by atomic mass is 10.2. The second-order valence-electron chi connectivity index (χ2n) is 5.67. The van der Waals surface area contributed by atoms with Crippen LogP contribution in [0, 0.1) is 0 Å². The van der Waals surface area contributed by atoms with Crippen LogP contribution in [-0.2, 0) is 9.53 Å². The van der Waals surface area contributed by atoms with Crippen molar-refractivity contribution in [1.82, 2.24) is 15.8 Å². The van der Waals surface area contributed by atoms with E-state index in [9.17, 15) is 14.4 Å². The van der Waals surface area contributed by atoms with E-state index in [1.165, 1.54) is 18.3 Å². The van der Waals surface area contributed by atoms with Crippen LogP contribution in [0.4, 0.5) is 5.69 Å². The normalized spacial score (nSPS) is 10.1.